The van der Waals surface area contributed by atoms with E-state index in [-0.39, 0.29) is 5.92 Å². The largest absolute Gasteiger partial charge is 0.340 e. The molecule has 2 heterocycles. The van der Waals surface area contributed by atoms with Crippen LogP contribution in [0.15, 0.2) is 36.5 Å². The van der Waals surface area contributed by atoms with E-state index in [2.05, 4.69) is 45.6 Å². The quantitative estimate of drug-likeness (QED) is 0.841. The number of aryl methyl sites for hydroxylation is 1. The Kier molecular flexibility index (Phi) is 4.60. The van der Waals surface area contributed by atoms with Crippen molar-refractivity contribution in [2.75, 3.05) is 13.1 Å². The van der Waals surface area contributed by atoms with E-state index in [9.17, 15) is 4.79 Å². The SMILES string of the molecule is Cc1cnc(-c2ccccc2)n1C1CCN(C(=O)C2CCCCC2)C1. The fourth-order valence-electron chi connectivity index (χ4n) is 4.47. The topological polar surface area (TPSA) is 38.1 Å². The number of imidazole rings is 1. The van der Waals surface area contributed by atoms with Gasteiger partial charge in [-0.25, -0.2) is 4.98 Å². The van der Waals surface area contributed by atoms with Crippen molar-refractivity contribution in [2.24, 2.45) is 5.92 Å². The first-order chi connectivity index (χ1) is 12.2. The summed E-state index contributed by atoms with van der Waals surface area (Å²) in [7, 11) is 0. The third kappa shape index (κ3) is 3.22. The van der Waals surface area contributed by atoms with Gasteiger partial charge < -0.3 is 9.47 Å². The number of likely N-dealkylation sites (tertiary alicyclic amines) is 1. The Morgan fingerprint density at radius 3 is 2.60 bits per heavy atom. The first kappa shape index (κ1) is 16.4. The molecule has 1 saturated heterocycles. The number of hydrogen-bond acceptors (Lipinski definition) is 2. The molecule has 0 N–H and O–H groups in total. The Morgan fingerprint density at radius 2 is 1.84 bits per heavy atom. The fraction of sp³-hybridized carbons (Fsp3) is 0.524. The molecule has 0 spiro atoms. The Bertz CT molecular complexity index is 731. The molecule has 1 atom stereocenters. The van der Waals surface area contributed by atoms with Gasteiger partial charge in [0, 0.05) is 36.5 Å². The van der Waals surface area contributed by atoms with E-state index < -0.39 is 0 Å². The Morgan fingerprint density at radius 1 is 1.08 bits per heavy atom. The fourth-order valence-corrected chi connectivity index (χ4v) is 4.47. The summed E-state index contributed by atoms with van der Waals surface area (Å²) >= 11 is 0. The molecule has 1 aliphatic carbocycles. The van der Waals surface area contributed by atoms with Gasteiger partial charge in [0.2, 0.25) is 5.91 Å². The number of carbonyl (C=O) groups is 1. The standard InChI is InChI=1S/C21H27N3O/c1-16-14-22-20(17-8-4-2-5-9-17)24(16)19-12-13-23(15-19)21(25)18-10-6-3-7-11-18/h2,4-5,8-9,14,18-19H,3,6-7,10-13,15H2,1H3. The minimum absolute atomic E-state index is 0.268. The summed E-state index contributed by atoms with van der Waals surface area (Å²) in [5.74, 6) is 1.68. The monoisotopic (exact) mass is 337 g/mol. The predicted octanol–water partition coefficient (Wildman–Crippen LogP) is 4.21. The second kappa shape index (κ2) is 7.03. The average molecular weight is 337 g/mol. The smallest absolute Gasteiger partial charge is 0.225 e. The van der Waals surface area contributed by atoms with Crippen molar-refractivity contribution in [2.45, 2.75) is 51.5 Å². The molecule has 1 unspecified atom stereocenters. The van der Waals surface area contributed by atoms with Crippen LogP contribution in [-0.2, 0) is 4.79 Å². The predicted molar refractivity (Wildman–Crippen MR) is 99.2 cm³/mol. The van der Waals surface area contributed by atoms with Gasteiger partial charge in [-0.3, -0.25) is 4.79 Å². The molecule has 1 aromatic heterocycles. The van der Waals surface area contributed by atoms with Crippen molar-refractivity contribution in [3.8, 4) is 11.4 Å². The summed E-state index contributed by atoms with van der Waals surface area (Å²) in [4.78, 5) is 19.6. The lowest BCUT2D eigenvalue weighted by molar-refractivity contribution is -0.135. The third-order valence-corrected chi connectivity index (χ3v) is 5.81. The molecule has 132 valence electrons. The second-order valence-electron chi connectivity index (χ2n) is 7.52. The molecular formula is C21H27N3O. The number of aromatic nitrogens is 2. The van der Waals surface area contributed by atoms with E-state index in [1.165, 1.54) is 25.0 Å². The van der Waals surface area contributed by atoms with E-state index in [1.54, 1.807) is 0 Å². The molecule has 4 rings (SSSR count). The normalized spacial score (nSPS) is 21.6. The van der Waals surface area contributed by atoms with E-state index >= 15 is 0 Å². The summed E-state index contributed by atoms with van der Waals surface area (Å²) in [6.07, 6.45) is 8.86. The third-order valence-electron chi connectivity index (χ3n) is 5.81. The van der Waals surface area contributed by atoms with Gasteiger partial charge in [-0.2, -0.15) is 0 Å². The summed E-state index contributed by atoms with van der Waals surface area (Å²) in [6.45, 7) is 3.82. The summed E-state index contributed by atoms with van der Waals surface area (Å²) in [5.41, 5.74) is 2.32. The molecule has 2 aromatic rings. The van der Waals surface area contributed by atoms with Gasteiger partial charge >= 0.3 is 0 Å². The summed E-state index contributed by atoms with van der Waals surface area (Å²) in [5, 5.41) is 0. The van der Waals surface area contributed by atoms with Crippen molar-refractivity contribution in [1.29, 1.82) is 0 Å². The van der Waals surface area contributed by atoms with Crippen molar-refractivity contribution in [3.05, 3.63) is 42.2 Å². The number of hydrogen-bond donors (Lipinski definition) is 0. The van der Waals surface area contributed by atoms with Crippen LogP contribution in [0.25, 0.3) is 11.4 Å². The maximum absolute atomic E-state index is 12.9. The Labute approximate surface area is 149 Å². The van der Waals surface area contributed by atoms with E-state index in [0.717, 1.165) is 43.7 Å². The van der Waals surface area contributed by atoms with Gasteiger partial charge in [0.25, 0.3) is 0 Å². The zero-order chi connectivity index (χ0) is 17.2. The Balaban J connectivity index is 1.52. The molecule has 1 aliphatic heterocycles. The zero-order valence-corrected chi connectivity index (χ0v) is 15.0. The van der Waals surface area contributed by atoms with Gasteiger partial charge in [-0.15, -0.1) is 0 Å². The molecule has 2 fully saturated rings. The molecular weight excluding hydrogens is 310 g/mol. The molecule has 1 amide bonds. The van der Waals surface area contributed by atoms with Gasteiger partial charge in [-0.1, -0.05) is 49.6 Å². The highest BCUT2D eigenvalue weighted by Crippen LogP contribution is 2.32. The second-order valence-corrected chi connectivity index (χ2v) is 7.52. The lowest BCUT2D eigenvalue weighted by Gasteiger charge is -2.26. The van der Waals surface area contributed by atoms with Crippen LogP contribution in [0.1, 0.15) is 50.3 Å². The van der Waals surface area contributed by atoms with Crippen LogP contribution in [0.5, 0.6) is 0 Å². The molecule has 0 radical (unpaired) electrons. The maximum Gasteiger partial charge on any atom is 0.225 e. The van der Waals surface area contributed by atoms with E-state index in [4.69, 9.17) is 0 Å². The molecule has 1 saturated carbocycles. The van der Waals surface area contributed by atoms with Crippen LogP contribution in [0.4, 0.5) is 0 Å². The minimum Gasteiger partial charge on any atom is -0.340 e. The van der Waals surface area contributed by atoms with Crippen molar-refractivity contribution < 1.29 is 4.79 Å². The Hall–Kier alpha value is -2.10. The molecule has 4 nitrogen and oxygen atoms in total. The molecule has 25 heavy (non-hydrogen) atoms. The van der Waals surface area contributed by atoms with Crippen molar-refractivity contribution >= 4 is 5.91 Å². The lowest BCUT2D eigenvalue weighted by Crippen LogP contribution is -2.35. The number of amides is 1. The van der Waals surface area contributed by atoms with Crippen LogP contribution >= 0.6 is 0 Å². The first-order valence-electron chi connectivity index (χ1n) is 9.62. The van der Waals surface area contributed by atoms with E-state index in [0.29, 0.717) is 11.9 Å². The van der Waals surface area contributed by atoms with Crippen LogP contribution in [0.3, 0.4) is 0 Å². The minimum atomic E-state index is 0.268. The molecule has 4 heteroatoms. The highest BCUT2D eigenvalue weighted by atomic mass is 16.2. The molecule has 2 aliphatic rings. The van der Waals surface area contributed by atoms with Gasteiger partial charge in [-0.05, 0) is 26.2 Å². The molecule has 0 bridgehead atoms. The van der Waals surface area contributed by atoms with Crippen LogP contribution in [-0.4, -0.2) is 33.4 Å². The highest BCUT2D eigenvalue weighted by molar-refractivity contribution is 5.79. The molecule has 1 aromatic carbocycles. The number of carbonyl (C=O) groups excluding carboxylic acids is 1. The van der Waals surface area contributed by atoms with Crippen LogP contribution in [0.2, 0.25) is 0 Å². The van der Waals surface area contributed by atoms with Gasteiger partial charge in [0.1, 0.15) is 5.82 Å². The zero-order valence-electron chi connectivity index (χ0n) is 15.0. The van der Waals surface area contributed by atoms with Crippen molar-refractivity contribution in [3.63, 3.8) is 0 Å². The highest BCUT2D eigenvalue weighted by Gasteiger charge is 2.33. The maximum atomic E-state index is 12.9. The number of nitrogens with zero attached hydrogens (tertiary/aromatic N) is 3. The number of benzene rings is 1. The van der Waals surface area contributed by atoms with Crippen LogP contribution in [0, 0.1) is 12.8 Å². The number of rotatable bonds is 3. The summed E-state index contributed by atoms with van der Waals surface area (Å²) < 4.78 is 2.34. The summed E-state index contributed by atoms with van der Waals surface area (Å²) in [6, 6.07) is 10.7. The lowest BCUT2D eigenvalue weighted by atomic mass is 9.88. The average Bonchev–Trinajstić information content (AvgIpc) is 3.29. The first-order valence-corrected chi connectivity index (χ1v) is 9.62. The van der Waals surface area contributed by atoms with Crippen LogP contribution < -0.4 is 0 Å². The van der Waals surface area contributed by atoms with Gasteiger partial charge in [0.15, 0.2) is 0 Å². The van der Waals surface area contributed by atoms with Crippen molar-refractivity contribution in [1.82, 2.24) is 14.5 Å². The van der Waals surface area contributed by atoms with Gasteiger partial charge in [0.05, 0.1) is 6.04 Å². The van der Waals surface area contributed by atoms with E-state index in [1.807, 2.05) is 12.3 Å².